The van der Waals surface area contributed by atoms with E-state index in [4.69, 9.17) is 11.6 Å². The lowest BCUT2D eigenvalue weighted by Gasteiger charge is -2.24. The van der Waals surface area contributed by atoms with Crippen molar-refractivity contribution in [2.45, 2.75) is 13.0 Å². The van der Waals surface area contributed by atoms with E-state index in [2.05, 4.69) is 11.9 Å². The molecule has 0 radical (unpaired) electrons. The van der Waals surface area contributed by atoms with Crippen molar-refractivity contribution in [2.75, 3.05) is 5.32 Å². The fourth-order valence-corrected chi connectivity index (χ4v) is 2.74. The van der Waals surface area contributed by atoms with Crippen molar-refractivity contribution < 1.29 is 9.59 Å². The van der Waals surface area contributed by atoms with Crippen LogP contribution in [-0.4, -0.2) is 22.8 Å². The van der Waals surface area contributed by atoms with Crippen molar-refractivity contribution in [2.24, 2.45) is 0 Å². The van der Waals surface area contributed by atoms with Crippen molar-refractivity contribution in [3.8, 4) is 0 Å². The Balaban J connectivity index is 1.79. The normalized spacial score (nSPS) is 14.6. The summed E-state index contributed by atoms with van der Waals surface area (Å²) in [5.41, 5.74) is 2.51. The molecule has 0 saturated carbocycles. The highest BCUT2D eigenvalue weighted by Gasteiger charge is 2.36. The van der Waals surface area contributed by atoms with Gasteiger partial charge in [0.15, 0.2) is 0 Å². The van der Waals surface area contributed by atoms with Crippen LogP contribution in [0.4, 0.5) is 5.69 Å². The van der Waals surface area contributed by atoms with E-state index in [0.29, 0.717) is 22.0 Å². The number of benzene rings is 2. The molecule has 0 aliphatic carbocycles. The topological polar surface area (TPSA) is 49.4 Å². The van der Waals surface area contributed by atoms with Gasteiger partial charge in [-0.3, -0.25) is 14.5 Å². The molecule has 0 bridgehead atoms. The van der Waals surface area contributed by atoms with E-state index in [0.717, 1.165) is 5.56 Å². The summed E-state index contributed by atoms with van der Waals surface area (Å²) in [5.74, 6) is -0.487. The van der Waals surface area contributed by atoms with Crippen LogP contribution in [0.3, 0.4) is 0 Å². The summed E-state index contributed by atoms with van der Waals surface area (Å²) in [6.45, 7) is 5.64. The Bertz CT molecular complexity index is 764. The Hall–Kier alpha value is -2.59. The average Bonchev–Trinajstić information content (AvgIpc) is 2.81. The molecule has 2 aromatic carbocycles. The molecule has 5 heteroatoms. The van der Waals surface area contributed by atoms with Gasteiger partial charge < -0.3 is 5.32 Å². The Morgan fingerprint density at radius 2 is 1.74 bits per heavy atom. The van der Waals surface area contributed by atoms with Gasteiger partial charge in [-0.25, -0.2) is 0 Å². The molecule has 2 amide bonds. The molecule has 23 heavy (non-hydrogen) atoms. The summed E-state index contributed by atoms with van der Waals surface area (Å²) in [7, 11) is 0. The minimum Gasteiger partial charge on any atom is -0.324 e. The molecule has 1 atom stereocenters. The maximum Gasteiger partial charge on any atom is 0.259 e. The summed E-state index contributed by atoms with van der Waals surface area (Å²) in [5, 5.41) is 3.37. The standard InChI is InChI=1S/C18H15ClN2O2/c1-11-15-5-3-4-6-16(15)18(23)21(11)12(2)17(22)20-14-9-7-13(19)8-10-14/h3-10,12H,1H2,2H3,(H,20,22)/t12-/m1/s1. The van der Waals surface area contributed by atoms with Gasteiger partial charge in [0.1, 0.15) is 6.04 Å². The van der Waals surface area contributed by atoms with Crippen LogP contribution >= 0.6 is 11.6 Å². The van der Waals surface area contributed by atoms with E-state index < -0.39 is 6.04 Å². The van der Waals surface area contributed by atoms with E-state index in [1.54, 1.807) is 43.3 Å². The number of amides is 2. The van der Waals surface area contributed by atoms with E-state index in [1.807, 2.05) is 12.1 Å². The van der Waals surface area contributed by atoms with Gasteiger partial charge in [-0.1, -0.05) is 36.4 Å². The minimum atomic E-state index is -0.668. The van der Waals surface area contributed by atoms with Crippen LogP contribution in [0.5, 0.6) is 0 Å². The zero-order chi connectivity index (χ0) is 16.6. The molecule has 3 rings (SSSR count). The number of hydrogen-bond acceptors (Lipinski definition) is 2. The molecular formula is C18H15ClN2O2. The number of fused-ring (bicyclic) bond motifs is 1. The van der Waals surface area contributed by atoms with Gasteiger partial charge in [-0.15, -0.1) is 0 Å². The van der Waals surface area contributed by atoms with Crippen LogP contribution < -0.4 is 5.32 Å². The third-order valence-electron chi connectivity index (χ3n) is 3.86. The quantitative estimate of drug-likeness (QED) is 0.932. The minimum absolute atomic E-state index is 0.204. The molecule has 0 fully saturated rings. The Kier molecular flexibility index (Phi) is 3.92. The zero-order valence-corrected chi connectivity index (χ0v) is 13.3. The third kappa shape index (κ3) is 2.73. The molecule has 1 N–H and O–H groups in total. The van der Waals surface area contributed by atoms with Gasteiger partial charge in [0.05, 0.1) is 0 Å². The van der Waals surface area contributed by atoms with Crippen molar-refractivity contribution in [1.29, 1.82) is 0 Å². The van der Waals surface area contributed by atoms with Crippen LogP contribution in [0.1, 0.15) is 22.8 Å². The molecule has 4 nitrogen and oxygen atoms in total. The lowest BCUT2D eigenvalue weighted by molar-refractivity contribution is -0.119. The first-order valence-electron chi connectivity index (χ1n) is 7.17. The fraction of sp³-hybridized carbons (Fsp3) is 0.111. The number of halogens is 1. The number of hydrogen-bond donors (Lipinski definition) is 1. The van der Waals surface area contributed by atoms with E-state index in [-0.39, 0.29) is 11.8 Å². The van der Waals surface area contributed by atoms with Crippen molar-refractivity contribution in [3.05, 3.63) is 71.3 Å². The molecule has 0 aromatic heterocycles. The predicted molar refractivity (Wildman–Crippen MR) is 91.2 cm³/mol. The Labute approximate surface area is 139 Å². The van der Waals surface area contributed by atoms with Crippen molar-refractivity contribution >= 4 is 34.8 Å². The predicted octanol–water partition coefficient (Wildman–Crippen LogP) is 3.79. The van der Waals surface area contributed by atoms with Gasteiger partial charge in [0.2, 0.25) is 5.91 Å². The largest absolute Gasteiger partial charge is 0.324 e. The fourth-order valence-electron chi connectivity index (χ4n) is 2.61. The second kappa shape index (κ2) is 5.89. The number of nitrogens with zero attached hydrogens (tertiary/aromatic N) is 1. The van der Waals surface area contributed by atoms with Crippen molar-refractivity contribution in [3.63, 3.8) is 0 Å². The molecule has 116 valence electrons. The second-order valence-electron chi connectivity index (χ2n) is 5.34. The molecule has 2 aromatic rings. The van der Waals surface area contributed by atoms with E-state index >= 15 is 0 Å². The molecule has 0 unspecified atom stereocenters. The van der Waals surface area contributed by atoms with Crippen molar-refractivity contribution in [1.82, 2.24) is 4.90 Å². The summed E-state index contributed by atoms with van der Waals surface area (Å²) in [4.78, 5) is 26.4. The first-order valence-corrected chi connectivity index (χ1v) is 7.55. The van der Waals surface area contributed by atoms with E-state index in [9.17, 15) is 9.59 Å². The van der Waals surface area contributed by atoms with Crippen LogP contribution in [-0.2, 0) is 4.79 Å². The first-order chi connectivity index (χ1) is 11.0. The highest BCUT2D eigenvalue weighted by atomic mass is 35.5. The third-order valence-corrected chi connectivity index (χ3v) is 4.11. The van der Waals surface area contributed by atoms with Gasteiger partial charge in [0.25, 0.3) is 5.91 Å². The van der Waals surface area contributed by atoms with Crippen LogP contribution in [0.15, 0.2) is 55.1 Å². The Morgan fingerprint density at radius 3 is 2.35 bits per heavy atom. The highest BCUT2D eigenvalue weighted by Crippen LogP contribution is 2.33. The Morgan fingerprint density at radius 1 is 1.13 bits per heavy atom. The molecule has 1 heterocycles. The van der Waals surface area contributed by atoms with Gasteiger partial charge in [0, 0.05) is 27.5 Å². The number of rotatable bonds is 3. The maximum absolute atomic E-state index is 12.5. The van der Waals surface area contributed by atoms with E-state index in [1.165, 1.54) is 4.90 Å². The van der Waals surface area contributed by atoms with Crippen LogP contribution in [0, 0.1) is 0 Å². The van der Waals surface area contributed by atoms with Gasteiger partial charge in [-0.05, 0) is 37.3 Å². The summed E-state index contributed by atoms with van der Waals surface area (Å²) >= 11 is 5.83. The average molecular weight is 327 g/mol. The molecule has 1 aliphatic rings. The summed E-state index contributed by atoms with van der Waals surface area (Å²) < 4.78 is 0. The second-order valence-corrected chi connectivity index (χ2v) is 5.78. The molecular weight excluding hydrogens is 312 g/mol. The molecule has 1 aliphatic heterocycles. The lowest BCUT2D eigenvalue weighted by atomic mass is 10.1. The van der Waals surface area contributed by atoms with Gasteiger partial charge in [-0.2, -0.15) is 0 Å². The monoisotopic (exact) mass is 326 g/mol. The van der Waals surface area contributed by atoms with Crippen LogP contribution in [0.2, 0.25) is 5.02 Å². The van der Waals surface area contributed by atoms with Crippen LogP contribution in [0.25, 0.3) is 5.70 Å². The first kappa shape index (κ1) is 15.3. The smallest absolute Gasteiger partial charge is 0.259 e. The SMILES string of the molecule is C=C1c2ccccc2C(=O)N1[C@H](C)C(=O)Nc1ccc(Cl)cc1. The number of nitrogens with one attached hydrogen (secondary N) is 1. The zero-order valence-electron chi connectivity index (χ0n) is 12.5. The molecule has 0 spiro atoms. The summed E-state index contributed by atoms with van der Waals surface area (Å²) in [6.07, 6.45) is 0. The van der Waals surface area contributed by atoms with Gasteiger partial charge >= 0.3 is 0 Å². The molecule has 0 saturated heterocycles. The number of anilines is 1. The highest BCUT2D eigenvalue weighted by molar-refractivity contribution is 6.30. The lowest BCUT2D eigenvalue weighted by Crippen LogP contribution is -2.41. The number of carbonyl (C=O) groups is 2. The number of carbonyl (C=O) groups excluding carboxylic acids is 2. The maximum atomic E-state index is 12.5. The summed E-state index contributed by atoms with van der Waals surface area (Å²) in [6, 6.07) is 13.4.